The first-order valence-corrected chi connectivity index (χ1v) is 12.9. The summed E-state index contributed by atoms with van der Waals surface area (Å²) in [6.07, 6.45) is 1.30. The number of nitrogens with one attached hydrogen (secondary N) is 1. The highest BCUT2D eigenvalue weighted by atomic mass is 16.5. The number of nitrogens with zero attached hydrogens (tertiary/aromatic N) is 3. The summed E-state index contributed by atoms with van der Waals surface area (Å²) in [5.41, 5.74) is 3.60. The van der Waals surface area contributed by atoms with Gasteiger partial charge in [-0.1, -0.05) is 70.2 Å². The zero-order chi connectivity index (χ0) is 27.0. The van der Waals surface area contributed by atoms with Crippen molar-refractivity contribution in [2.75, 3.05) is 32.1 Å². The van der Waals surface area contributed by atoms with Crippen molar-refractivity contribution in [3.05, 3.63) is 77.5 Å². The molecule has 1 unspecified atom stereocenters. The molecule has 3 rings (SSSR count). The third kappa shape index (κ3) is 7.52. The predicted molar refractivity (Wildman–Crippen MR) is 148 cm³/mol. The molecule has 1 heterocycles. The lowest BCUT2D eigenvalue weighted by Gasteiger charge is -2.27. The second kappa shape index (κ2) is 12.7. The molecular weight excluding hydrogens is 464 g/mol. The SMILES string of the molecule is CCC(C(=O)N(CCCOC)CC(=O)Nc1cc(C(C)(C)C)nn1-c1cccc(C)c1)c1ccccc1. The van der Waals surface area contributed by atoms with Gasteiger partial charge in [0, 0.05) is 31.7 Å². The maximum absolute atomic E-state index is 13.6. The molecule has 0 aliphatic rings. The zero-order valence-corrected chi connectivity index (χ0v) is 23.0. The number of aryl methyl sites for hydroxylation is 1. The van der Waals surface area contributed by atoms with Gasteiger partial charge in [-0.05, 0) is 43.0 Å². The lowest BCUT2D eigenvalue weighted by Crippen LogP contribution is -2.41. The Labute approximate surface area is 220 Å². The van der Waals surface area contributed by atoms with Crippen LogP contribution in [0.25, 0.3) is 5.69 Å². The standard InChI is InChI=1S/C30H40N4O3/c1-7-25(23-14-9-8-10-15-23)29(36)33(17-12-18-37-6)21-28(35)31-27-20-26(30(3,4)5)32-34(27)24-16-11-13-22(2)19-24/h8-11,13-16,19-20,25H,7,12,17-18,21H2,1-6H3,(H,31,35). The molecule has 37 heavy (non-hydrogen) atoms. The van der Waals surface area contributed by atoms with Gasteiger partial charge in [0.2, 0.25) is 11.8 Å². The lowest BCUT2D eigenvalue weighted by atomic mass is 9.92. The fourth-order valence-electron chi connectivity index (χ4n) is 4.27. The second-order valence-corrected chi connectivity index (χ2v) is 10.4. The zero-order valence-electron chi connectivity index (χ0n) is 23.0. The number of hydrogen-bond acceptors (Lipinski definition) is 4. The van der Waals surface area contributed by atoms with Crippen molar-refractivity contribution < 1.29 is 14.3 Å². The van der Waals surface area contributed by atoms with E-state index in [4.69, 9.17) is 9.84 Å². The van der Waals surface area contributed by atoms with Crippen LogP contribution in [-0.2, 0) is 19.7 Å². The van der Waals surface area contributed by atoms with Crippen molar-refractivity contribution in [3.63, 3.8) is 0 Å². The van der Waals surface area contributed by atoms with E-state index in [1.807, 2.05) is 74.5 Å². The van der Waals surface area contributed by atoms with E-state index in [1.165, 1.54) is 0 Å². The van der Waals surface area contributed by atoms with Gasteiger partial charge in [0.25, 0.3) is 0 Å². The first kappa shape index (κ1) is 28.1. The van der Waals surface area contributed by atoms with Gasteiger partial charge < -0.3 is 15.0 Å². The topological polar surface area (TPSA) is 76.5 Å². The van der Waals surface area contributed by atoms with Crippen LogP contribution in [0.1, 0.15) is 63.3 Å². The molecule has 0 bridgehead atoms. The molecule has 0 saturated carbocycles. The van der Waals surface area contributed by atoms with E-state index in [-0.39, 0.29) is 29.7 Å². The molecule has 0 fully saturated rings. The Morgan fingerprint density at radius 3 is 2.43 bits per heavy atom. The Morgan fingerprint density at radius 1 is 1.08 bits per heavy atom. The average Bonchev–Trinajstić information content (AvgIpc) is 3.29. The first-order valence-electron chi connectivity index (χ1n) is 12.9. The molecule has 0 saturated heterocycles. The van der Waals surface area contributed by atoms with Gasteiger partial charge in [-0.25, -0.2) is 4.68 Å². The Balaban J connectivity index is 1.86. The highest BCUT2D eigenvalue weighted by Crippen LogP contribution is 2.27. The fraction of sp³-hybridized carbons (Fsp3) is 0.433. The molecule has 0 aliphatic heterocycles. The van der Waals surface area contributed by atoms with E-state index in [1.54, 1.807) is 16.7 Å². The molecule has 0 aliphatic carbocycles. The highest BCUT2D eigenvalue weighted by Gasteiger charge is 2.27. The summed E-state index contributed by atoms with van der Waals surface area (Å²) in [6, 6.07) is 19.6. The lowest BCUT2D eigenvalue weighted by molar-refractivity contribution is -0.136. The average molecular weight is 505 g/mol. The minimum absolute atomic E-state index is 0.0459. The summed E-state index contributed by atoms with van der Waals surface area (Å²) < 4.78 is 6.97. The number of carbonyl (C=O) groups excluding carboxylic acids is 2. The van der Waals surface area contributed by atoms with Crippen molar-refractivity contribution in [1.82, 2.24) is 14.7 Å². The summed E-state index contributed by atoms with van der Waals surface area (Å²) in [6.45, 7) is 11.2. The van der Waals surface area contributed by atoms with Crippen LogP contribution in [-0.4, -0.2) is 53.3 Å². The van der Waals surface area contributed by atoms with Crippen molar-refractivity contribution in [1.29, 1.82) is 0 Å². The molecule has 1 N–H and O–H groups in total. The number of ether oxygens (including phenoxy) is 1. The number of hydrogen-bond donors (Lipinski definition) is 1. The smallest absolute Gasteiger partial charge is 0.245 e. The summed E-state index contributed by atoms with van der Waals surface area (Å²) in [7, 11) is 1.64. The number of anilines is 1. The van der Waals surface area contributed by atoms with Gasteiger partial charge in [0.1, 0.15) is 5.82 Å². The maximum Gasteiger partial charge on any atom is 0.245 e. The van der Waals surface area contributed by atoms with Crippen LogP contribution < -0.4 is 5.32 Å². The molecule has 7 heteroatoms. The van der Waals surface area contributed by atoms with E-state index in [0.29, 0.717) is 31.8 Å². The van der Waals surface area contributed by atoms with E-state index in [9.17, 15) is 9.59 Å². The molecule has 2 aromatic carbocycles. The maximum atomic E-state index is 13.6. The number of methoxy groups -OCH3 is 1. The largest absolute Gasteiger partial charge is 0.385 e. The van der Waals surface area contributed by atoms with Crippen LogP contribution in [0.2, 0.25) is 0 Å². The quantitative estimate of drug-likeness (QED) is 0.351. The molecule has 0 radical (unpaired) electrons. The Morgan fingerprint density at radius 2 is 1.81 bits per heavy atom. The Kier molecular flexibility index (Phi) is 9.64. The summed E-state index contributed by atoms with van der Waals surface area (Å²) in [4.78, 5) is 28.6. The number of rotatable bonds is 11. The van der Waals surface area contributed by atoms with Gasteiger partial charge >= 0.3 is 0 Å². The normalized spacial score (nSPS) is 12.3. The number of aromatic nitrogens is 2. The first-order chi connectivity index (χ1) is 17.6. The second-order valence-electron chi connectivity index (χ2n) is 10.4. The van der Waals surface area contributed by atoms with Gasteiger partial charge in [0.15, 0.2) is 0 Å². The fourth-order valence-corrected chi connectivity index (χ4v) is 4.27. The van der Waals surface area contributed by atoms with Crippen LogP contribution >= 0.6 is 0 Å². The third-order valence-electron chi connectivity index (χ3n) is 6.32. The predicted octanol–water partition coefficient (Wildman–Crippen LogP) is 5.48. The molecule has 0 spiro atoms. The summed E-state index contributed by atoms with van der Waals surface area (Å²) in [5, 5.41) is 7.84. The minimum Gasteiger partial charge on any atom is -0.385 e. The number of benzene rings is 2. The summed E-state index contributed by atoms with van der Waals surface area (Å²) in [5.74, 6) is -0.0350. The number of carbonyl (C=O) groups is 2. The van der Waals surface area contributed by atoms with Gasteiger partial charge in [-0.2, -0.15) is 5.10 Å². The van der Waals surface area contributed by atoms with E-state index >= 15 is 0 Å². The van der Waals surface area contributed by atoms with E-state index in [2.05, 4.69) is 26.1 Å². The van der Waals surface area contributed by atoms with Crippen molar-refractivity contribution in [3.8, 4) is 5.69 Å². The molecule has 198 valence electrons. The van der Waals surface area contributed by atoms with Crippen molar-refractivity contribution >= 4 is 17.6 Å². The van der Waals surface area contributed by atoms with Crippen LogP contribution in [0.4, 0.5) is 5.82 Å². The molecule has 2 amide bonds. The van der Waals surface area contributed by atoms with E-state index < -0.39 is 0 Å². The van der Waals surface area contributed by atoms with Gasteiger partial charge in [-0.15, -0.1) is 0 Å². The Hall–Kier alpha value is -3.45. The van der Waals surface area contributed by atoms with Crippen LogP contribution in [0.3, 0.4) is 0 Å². The van der Waals surface area contributed by atoms with Crippen LogP contribution in [0.15, 0.2) is 60.7 Å². The van der Waals surface area contributed by atoms with Gasteiger partial charge in [0.05, 0.1) is 23.8 Å². The van der Waals surface area contributed by atoms with Gasteiger partial charge in [-0.3, -0.25) is 9.59 Å². The molecular formula is C30H40N4O3. The van der Waals surface area contributed by atoms with Crippen LogP contribution in [0, 0.1) is 6.92 Å². The molecule has 7 nitrogen and oxygen atoms in total. The molecule has 1 atom stereocenters. The van der Waals surface area contributed by atoms with Crippen molar-refractivity contribution in [2.45, 2.75) is 58.8 Å². The van der Waals surface area contributed by atoms with Crippen molar-refractivity contribution in [2.24, 2.45) is 0 Å². The third-order valence-corrected chi connectivity index (χ3v) is 6.32. The number of amides is 2. The molecule has 3 aromatic rings. The molecule has 1 aromatic heterocycles. The monoisotopic (exact) mass is 504 g/mol. The summed E-state index contributed by atoms with van der Waals surface area (Å²) >= 11 is 0. The van der Waals surface area contributed by atoms with E-state index in [0.717, 1.165) is 22.5 Å². The van der Waals surface area contributed by atoms with Crippen LogP contribution in [0.5, 0.6) is 0 Å². The Bertz CT molecular complexity index is 1180. The minimum atomic E-state index is -0.304. The highest BCUT2D eigenvalue weighted by molar-refractivity contribution is 5.95.